The SMILES string of the molecule is CCN(CC)CCCNC(=NC)NCC(O)c1cc2ccccc2s1.I. The monoisotopic (exact) mass is 490 g/mol. The Kier molecular flexibility index (Phi) is 11.1. The van der Waals surface area contributed by atoms with Gasteiger partial charge in [0, 0.05) is 29.7 Å². The van der Waals surface area contributed by atoms with E-state index in [0.29, 0.717) is 6.54 Å². The lowest BCUT2D eigenvalue weighted by Crippen LogP contribution is -2.40. The number of hydrogen-bond acceptors (Lipinski definition) is 4. The fraction of sp³-hybridized carbons (Fsp3) is 0.526. The first-order valence-corrected chi connectivity index (χ1v) is 9.83. The summed E-state index contributed by atoms with van der Waals surface area (Å²) in [6, 6.07) is 10.3. The van der Waals surface area contributed by atoms with Crippen molar-refractivity contribution in [3.63, 3.8) is 0 Å². The lowest BCUT2D eigenvalue weighted by Gasteiger charge is -2.19. The molecule has 1 unspecified atom stereocenters. The summed E-state index contributed by atoms with van der Waals surface area (Å²) in [5, 5.41) is 18.1. The van der Waals surface area contributed by atoms with Crippen LogP contribution in [0.3, 0.4) is 0 Å². The van der Waals surface area contributed by atoms with Crippen LogP contribution in [0.5, 0.6) is 0 Å². The second-order valence-corrected chi connectivity index (χ2v) is 7.08. The molecule has 0 saturated carbocycles. The maximum atomic E-state index is 10.4. The van der Waals surface area contributed by atoms with Crippen LogP contribution in [-0.4, -0.2) is 55.7 Å². The molecule has 2 aromatic rings. The zero-order valence-corrected chi connectivity index (χ0v) is 19.0. The highest BCUT2D eigenvalue weighted by molar-refractivity contribution is 14.0. The number of nitrogens with zero attached hydrogens (tertiary/aromatic N) is 2. The highest BCUT2D eigenvalue weighted by atomic mass is 127. The highest BCUT2D eigenvalue weighted by Crippen LogP contribution is 2.29. The van der Waals surface area contributed by atoms with Gasteiger partial charge < -0.3 is 20.6 Å². The van der Waals surface area contributed by atoms with Gasteiger partial charge in [-0.15, -0.1) is 35.3 Å². The van der Waals surface area contributed by atoms with E-state index < -0.39 is 6.10 Å². The van der Waals surface area contributed by atoms with Crippen molar-refractivity contribution in [3.05, 3.63) is 35.2 Å². The van der Waals surface area contributed by atoms with Gasteiger partial charge >= 0.3 is 0 Å². The molecule has 0 amide bonds. The summed E-state index contributed by atoms with van der Waals surface area (Å²) < 4.78 is 1.20. The van der Waals surface area contributed by atoms with Gasteiger partial charge in [0.2, 0.25) is 0 Å². The van der Waals surface area contributed by atoms with Crippen LogP contribution < -0.4 is 10.6 Å². The Labute approximate surface area is 177 Å². The van der Waals surface area contributed by atoms with Crippen LogP contribution in [0.4, 0.5) is 0 Å². The van der Waals surface area contributed by atoms with E-state index in [1.807, 2.05) is 12.1 Å². The van der Waals surface area contributed by atoms with Crippen LogP contribution >= 0.6 is 35.3 Å². The molecule has 1 aromatic heterocycles. The van der Waals surface area contributed by atoms with Crippen LogP contribution in [0.15, 0.2) is 35.3 Å². The van der Waals surface area contributed by atoms with E-state index in [4.69, 9.17) is 0 Å². The molecule has 1 atom stereocenters. The largest absolute Gasteiger partial charge is 0.386 e. The quantitative estimate of drug-likeness (QED) is 0.218. The first-order valence-electron chi connectivity index (χ1n) is 9.01. The van der Waals surface area contributed by atoms with Crippen molar-refractivity contribution in [1.82, 2.24) is 15.5 Å². The van der Waals surface area contributed by atoms with Gasteiger partial charge in [0.15, 0.2) is 5.96 Å². The summed E-state index contributed by atoms with van der Waals surface area (Å²) in [5.74, 6) is 0.736. The molecule has 5 nitrogen and oxygen atoms in total. The third-order valence-electron chi connectivity index (χ3n) is 4.30. The predicted molar refractivity (Wildman–Crippen MR) is 124 cm³/mol. The Morgan fingerprint density at radius 2 is 1.96 bits per heavy atom. The second-order valence-electron chi connectivity index (χ2n) is 5.96. The fourth-order valence-corrected chi connectivity index (χ4v) is 3.78. The fourth-order valence-electron chi connectivity index (χ4n) is 2.73. The molecule has 0 aliphatic rings. The third-order valence-corrected chi connectivity index (χ3v) is 5.51. The summed E-state index contributed by atoms with van der Waals surface area (Å²) in [6.07, 6.45) is 0.535. The Morgan fingerprint density at radius 1 is 1.23 bits per heavy atom. The molecule has 3 N–H and O–H groups in total. The minimum absolute atomic E-state index is 0. The van der Waals surface area contributed by atoms with Crippen LogP contribution in [0.2, 0.25) is 0 Å². The number of thiophene rings is 1. The molecule has 0 spiro atoms. The first kappa shape index (κ1) is 23.1. The second kappa shape index (κ2) is 12.5. The summed E-state index contributed by atoms with van der Waals surface area (Å²) in [4.78, 5) is 7.61. The van der Waals surface area contributed by atoms with E-state index in [0.717, 1.165) is 43.4 Å². The number of aliphatic hydroxyl groups excluding tert-OH is 1. The molecule has 1 aromatic carbocycles. The van der Waals surface area contributed by atoms with Crippen molar-refractivity contribution in [2.75, 3.05) is 39.8 Å². The summed E-state index contributed by atoms with van der Waals surface area (Å²) in [5.41, 5.74) is 0. The number of halogens is 1. The van der Waals surface area contributed by atoms with E-state index >= 15 is 0 Å². The van der Waals surface area contributed by atoms with E-state index in [1.54, 1.807) is 18.4 Å². The molecule has 0 saturated heterocycles. The first-order chi connectivity index (χ1) is 12.2. The Bertz CT molecular complexity index is 639. The lowest BCUT2D eigenvalue weighted by molar-refractivity contribution is 0.184. The van der Waals surface area contributed by atoms with Gasteiger partial charge in [-0.25, -0.2) is 0 Å². The van der Waals surface area contributed by atoms with Crippen LogP contribution in [0.1, 0.15) is 31.2 Å². The number of aliphatic imine (C=N–C) groups is 1. The molecule has 7 heteroatoms. The number of aliphatic hydroxyl groups is 1. The average molecular weight is 490 g/mol. The zero-order valence-electron chi connectivity index (χ0n) is 15.9. The molecular weight excluding hydrogens is 459 g/mol. The van der Waals surface area contributed by atoms with E-state index in [1.165, 1.54) is 10.1 Å². The maximum Gasteiger partial charge on any atom is 0.191 e. The Morgan fingerprint density at radius 3 is 2.62 bits per heavy atom. The molecule has 0 radical (unpaired) electrons. The van der Waals surface area contributed by atoms with Gasteiger partial charge in [0.25, 0.3) is 0 Å². The summed E-state index contributed by atoms with van der Waals surface area (Å²) in [7, 11) is 1.76. The van der Waals surface area contributed by atoms with E-state index in [-0.39, 0.29) is 24.0 Å². The number of hydrogen-bond donors (Lipinski definition) is 3. The number of fused-ring (bicyclic) bond motifs is 1. The van der Waals surface area contributed by atoms with Crippen molar-refractivity contribution in [2.45, 2.75) is 26.4 Å². The molecule has 0 aliphatic heterocycles. The molecule has 0 aliphatic carbocycles. The molecule has 0 fully saturated rings. The summed E-state index contributed by atoms with van der Waals surface area (Å²) in [6.45, 7) is 8.95. The lowest BCUT2D eigenvalue weighted by atomic mass is 10.2. The molecular formula is C19H31IN4OS. The molecule has 0 bridgehead atoms. The van der Waals surface area contributed by atoms with Gasteiger partial charge in [-0.3, -0.25) is 4.99 Å². The number of rotatable bonds is 9. The maximum absolute atomic E-state index is 10.4. The molecule has 146 valence electrons. The van der Waals surface area contributed by atoms with Crippen LogP contribution in [0, 0.1) is 0 Å². The normalized spacial score (nSPS) is 12.9. The molecule has 2 rings (SSSR count). The van der Waals surface area contributed by atoms with Crippen molar-refractivity contribution in [2.24, 2.45) is 4.99 Å². The predicted octanol–water partition coefficient (Wildman–Crippen LogP) is 3.45. The van der Waals surface area contributed by atoms with Crippen LogP contribution in [-0.2, 0) is 0 Å². The van der Waals surface area contributed by atoms with Gasteiger partial charge in [-0.1, -0.05) is 32.0 Å². The summed E-state index contributed by atoms with van der Waals surface area (Å²) >= 11 is 1.64. The van der Waals surface area contributed by atoms with Crippen molar-refractivity contribution >= 4 is 51.4 Å². The standard InChI is InChI=1S/C19H30N4OS.HI/c1-4-23(5-2)12-8-11-21-19(20-3)22-14-16(24)18-13-15-9-6-7-10-17(15)25-18;/h6-7,9-10,13,16,24H,4-5,8,11-12,14H2,1-3H3,(H2,20,21,22);1H. The van der Waals surface area contributed by atoms with Crippen molar-refractivity contribution < 1.29 is 5.11 Å². The highest BCUT2D eigenvalue weighted by Gasteiger charge is 2.12. The molecule has 1 heterocycles. The minimum Gasteiger partial charge on any atom is -0.386 e. The van der Waals surface area contributed by atoms with Crippen molar-refractivity contribution in [1.29, 1.82) is 0 Å². The minimum atomic E-state index is -0.536. The third kappa shape index (κ3) is 7.02. The van der Waals surface area contributed by atoms with Crippen LogP contribution in [0.25, 0.3) is 10.1 Å². The Hall–Kier alpha value is -0.900. The molecule has 26 heavy (non-hydrogen) atoms. The van der Waals surface area contributed by atoms with E-state index in [9.17, 15) is 5.11 Å². The van der Waals surface area contributed by atoms with Gasteiger partial charge in [0.1, 0.15) is 6.10 Å². The number of nitrogens with one attached hydrogen (secondary N) is 2. The smallest absolute Gasteiger partial charge is 0.191 e. The van der Waals surface area contributed by atoms with E-state index in [2.05, 4.69) is 52.6 Å². The van der Waals surface area contributed by atoms with Crippen molar-refractivity contribution in [3.8, 4) is 0 Å². The topological polar surface area (TPSA) is 59.9 Å². The van der Waals surface area contributed by atoms with Gasteiger partial charge in [-0.05, 0) is 43.6 Å². The zero-order chi connectivity index (χ0) is 18.1. The Balaban J connectivity index is 0.00000338. The number of guanidine groups is 1. The number of benzene rings is 1. The van der Waals surface area contributed by atoms with Gasteiger partial charge in [-0.2, -0.15) is 0 Å². The average Bonchev–Trinajstić information content (AvgIpc) is 3.08. The van der Waals surface area contributed by atoms with Gasteiger partial charge in [0.05, 0.1) is 0 Å².